The molecule has 2 amide bonds. The van der Waals surface area contributed by atoms with Crippen molar-refractivity contribution in [2.24, 2.45) is 11.8 Å². The third kappa shape index (κ3) is 2.85. The second-order valence-corrected chi connectivity index (χ2v) is 7.47. The van der Waals surface area contributed by atoms with Crippen molar-refractivity contribution in [3.05, 3.63) is 64.4 Å². The van der Waals surface area contributed by atoms with Crippen molar-refractivity contribution in [2.45, 2.75) is 12.1 Å². The van der Waals surface area contributed by atoms with Crippen LogP contribution in [0, 0.1) is 17.7 Å². The average molecular weight is 433 g/mol. The van der Waals surface area contributed by atoms with E-state index in [0.29, 0.717) is 0 Å². The van der Waals surface area contributed by atoms with E-state index < -0.39 is 47.5 Å². The molecule has 2 aliphatic rings. The molecule has 2 aromatic rings. The molecule has 2 heterocycles. The first kappa shape index (κ1) is 17.8. The molecular weight excluding hydrogens is 419 g/mol. The van der Waals surface area contributed by atoms with Crippen LogP contribution in [-0.4, -0.2) is 28.9 Å². The minimum Gasteiger partial charge on any atom is -0.480 e. The second kappa shape index (κ2) is 6.54. The minimum atomic E-state index is -1.19. The summed E-state index contributed by atoms with van der Waals surface area (Å²) in [7, 11) is 0. The van der Waals surface area contributed by atoms with Gasteiger partial charge in [-0.05, 0) is 42.0 Å². The summed E-state index contributed by atoms with van der Waals surface area (Å²) in [6.07, 6.45) is 0. The zero-order valence-corrected chi connectivity index (χ0v) is 15.4. The third-order valence-corrected chi connectivity index (χ3v) is 5.58. The predicted molar refractivity (Wildman–Crippen MR) is 97.3 cm³/mol. The van der Waals surface area contributed by atoms with Gasteiger partial charge in [-0.1, -0.05) is 28.1 Å². The van der Waals surface area contributed by atoms with Crippen molar-refractivity contribution in [1.29, 1.82) is 0 Å². The molecule has 0 radical (unpaired) electrons. The number of nitrogens with zero attached hydrogens (tertiary/aromatic N) is 1. The highest BCUT2D eigenvalue weighted by molar-refractivity contribution is 9.10. The van der Waals surface area contributed by atoms with Crippen LogP contribution in [0.4, 0.5) is 10.1 Å². The van der Waals surface area contributed by atoms with Crippen molar-refractivity contribution in [3.8, 4) is 0 Å². The molecule has 0 aromatic heterocycles. The number of amides is 2. The Balaban J connectivity index is 1.76. The van der Waals surface area contributed by atoms with E-state index >= 15 is 0 Å². The predicted octanol–water partition coefficient (Wildman–Crippen LogP) is 2.49. The summed E-state index contributed by atoms with van der Waals surface area (Å²) < 4.78 is 14.0. The van der Waals surface area contributed by atoms with Gasteiger partial charge in [0.05, 0.1) is 17.5 Å². The number of carbonyl (C=O) groups excluding carboxylic acids is 2. The summed E-state index contributed by atoms with van der Waals surface area (Å²) in [4.78, 5) is 38.7. The highest BCUT2D eigenvalue weighted by Crippen LogP contribution is 2.45. The number of nitrogens with one attached hydrogen (secondary N) is 1. The number of benzene rings is 2. The molecule has 2 fully saturated rings. The number of aliphatic carboxylic acids is 1. The van der Waals surface area contributed by atoms with Gasteiger partial charge in [-0.3, -0.25) is 19.7 Å². The fourth-order valence-electron chi connectivity index (χ4n) is 3.86. The molecule has 8 heteroatoms. The lowest BCUT2D eigenvalue weighted by molar-refractivity contribution is -0.142. The standard InChI is InChI=1S/C19H14BrFN2O4/c20-10-3-1-9(2-4-10)15-13-14(16(22-15)19(26)27)18(25)23(17(13)24)12-7-5-11(21)6-8-12/h1-8,13-16,22H,(H,26,27). The van der Waals surface area contributed by atoms with E-state index in [2.05, 4.69) is 21.2 Å². The number of imide groups is 1. The van der Waals surface area contributed by atoms with Crippen LogP contribution >= 0.6 is 15.9 Å². The van der Waals surface area contributed by atoms with E-state index in [1.807, 2.05) is 0 Å². The Kier molecular flexibility index (Phi) is 4.32. The van der Waals surface area contributed by atoms with Crippen molar-refractivity contribution < 1.29 is 23.9 Å². The lowest BCUT2D eigenvalue weighted by Gasteiger charge is -2.21. The summed E-state index contributed by atoms with van der Waals surface area (Å²) >= 11 is 3.34. The number of carboxylic acids is 1. The maximum Gasteiger partial charge on any atom is 0.321 e. The number of carbonyl (C=O) groups is 3. The molecule has 2 saturated heterocycles. The number of hydrogen-bond acceptors (Lipinski definition) is 4. The molecule has 6 nitrogen and oxygen atoms in total. The highest BCUT2D eigenvalue weighted by atomic mass is 79.9. The van der Waals surface area contributed by atoms with Crippen LogP contribution < -0.4 is 10.2 Å². The topological polar surface area (TPSA) is 86.7 Å². The van der Waals surface area contributed by atoms with Gasteiger partial charge in [-0.25, -0.2) is 9.29 Å². The monoisotopic (exact) mass is 432 g/mol. The smallest absolute Gasteiger partial charge is 0.321 e. The van der Waals surface area contributed by atoms with Gasteiger partial charge in [0.15, 0.2) is 0 Å². The molecule has 4 unspecified atom stereocenters. The van der Waals surface area contributed by atoms with Gasteiger partial charge in [0.2, 0.25) is 11.8 Å². The molecule has 138 valence electrons. The Morgan fingerprint density at radius 1 is 1.00 bits per heavy atom. The number of fused-ring (bicyclic) bond motifs is 1. The molecule has 4 rings (SSSR count). The first-order valence-electron chi connectivity index (χ1n) is 8.26. The highest BCUT2D eigenvalue weighted by Gasteiger charge is 2.61. The summed E-state index contributed by atoms with van der Waals surface area (Å²) in [5, 5.41) is 12.5. The van der Waals surface area contributed by atoms with E-state index in [9.17, 15) is 23.9 Å². The molecule has 2 N–H and O–H groups in total. The Morgan fingerprint density at radius 2 is 1.59 bits per heavy atom. The lowest BCUT2D eigenvalue weighted by atomic mass is 9.86. The van der Waals surface area contributed by atoms with Gasteiger partial charge in [-0.15, -0.1) is 0 Å². The van der Waals surface area contributed by atoms with Gasteiger partial charge in [0.25, 0.3) is 0 Å². The van der Waals surface area contributed by atoms with Gasteiger partial charge in [-0.2, -0.15) is 0 Å². The fraction of sp³-hybridized carbons (Fsp3) is 0.211. The maximum atomic E-state index is 13.2. The summed E-state index contributed by atoms with van der Waals surface area (Å²) in [5.41, 5.74) is 0.957. The van der Waals surface area contributed by atoms with Crippen molar-refractivity contribution >= 4 is 39.4 Å². The minimum absolute atomic E-state index is 0.236. The normalized spacial score (nSPS) is 27.1. The summed E-state index contributed by atoms with van der Waals surface area (Å²) in [6, 6.07) is 10.3. The number of hydrogen-bond donors (Lipinski definition) is 2. The number of halogens is 2. The van der Waals surface area contributed by atoms with Crippen LogP contribution in [0.2, 0.25) is 0 Å². The Bertz CT molecular complexity index is 932. The molecular formula is C19H14BrFN2O4. The van der Waals surface area contributed by atoms with E-state index in [0.717, 1.165) is 27.1 Å². The molecule has 0 spiro atoms. The Morgan fingerprint density at radius 3 is 2.19 bits per heavy atom. The zero-order chi connectivity index (χ0) is 19.3. The quantitative estimate of drug-likeness (QED) is 0.727. The first-order chi connectivity index (χ1) is 12.9. The molecule has 0 saturated carbocycles. The van der Waals surface area contributed by atoms with Crippen LogP contribution in [0.3, 0.4) is 0 Å². The van der Waals surface area contributed by atoms with E-state index in [1.54, 1.807) is 24.3 Å². The zero-order valence-electron chi connectivity index (χ0n) is 13.8. The maximum absolute atomic E-state index is 13.2. The van der Waals surface area contributed by atoms with Crippen LogP contribution in [0.1, 0.15) is 11.6 Å². The molecule has 0 bridgehead atoms. The molecule has 27 heavy (non-hydrogen) atoms. The van der Waals surface area contributed by atoms with Crippen LogP contribution in [0.15, 0.2) is 53.0 Å². The first-order valence-corrected chi connectivity index (χ1v) is 9.05. The SMILES string of the molecule is O=C(O)C1NC(c2ccc(Br)cc2)C2C(=O)N(c3ccc(F)cc3)C(=O)C12. The van der Waals surface area contributed by atoms with Crippen LogP contribution in [0.25, 0.3) is 0 Å². The average Bonchev–Trinajstić information content (AvgIpc) is 3.15. The number of rotatable bonds is 3. The van der Waals surface area contributed by atoms with Gasteiger partial charge >= 0.3 is 5.97 Å². The van der Waals surface area contributed by atoms with E-state index in [1.165, 1.54) is 12.1 Å². The van der Waals surface area contributed by atoms with Gasteiger partial charge in [0, 0.05) is 10.5 Å². The largest absolute Gasteiger partial charge is 0.480 e. The Hall–Kier alpha value is -2.58. The Labute approximate surface area is 162 Å². The lowest BCUT2D eigenvalue weighted by Crippen LogP contribution is -2.43. The van der Waals surface area contributed by atoms with Crippen LogP contribution in [-0.2, 0) is 14.4 Å². The molecule has 2 aromatic carbocycles. The number of carboxylic acid groups (broad SMARTS) is 1. The second-order valence-electron chi connectivity index (χ2n) is 6.55. The third-order valence-electron chi connectivity index (χ3n) is 5.06. The fourth-order valence-corrected chi connectivity index (χ4v) is 4.12. The molecule has 4 atom stereocenters. The number of anilines is 1. The van der Waals surface area contributed by atoms with Crippen molar-refractivity contribution in [1.82, 2.24) is 5.32 Å². The van der Waals surface area contributed by atoms with Crippen LogP contribution in [0.5, 0.6) is 0 Å². The summed E-state index contributed by atoms with van der Waals surface area (Å²) in [5.74, 6) is -4.61. The van der Waals surface area contributed by atoms with Gasteiger partial charge < -0.3 is 5.11 Å². The van der Waals surface area contributed by atoms with E-state index in [-0.39, 0.29) is 5.69 Å². The van der Waals surface area contributed by atoms with Crippen molar-refractivity contribution in [2.75, 3.05) is 4.90 Å². The van der Waals surface area contributed by atoms with E-state index in [4.69, 9.17) is 0 Å². The van der Waals surface area contributed by atoms with Crippen molar-refractivity contribution in [3.63, 3.8) is 0 Å². The summed E-state index contributed by atoms with van der Waals surface area (Å²) in [6.45, 7) is 0. The van der Waals surface area contributed by atoms with Gasteiger partial charge in [0.1, 0.15) is 11.9 Å². The molecule has 0 aliphatic carbocycles. The molecule has 2 aliphatic heterocycles.